The molecule has 17 heavy (non-hydrogen) atoms. The van der Waals surface area contributed by atoms with Crippen LogP contribution in [0.1, 0.15) is 17.3 Å². The van der Waals surface area contributed by atoms with Gasteiger partial charge in [0.1, 0.15) is 5.75 Å². The first-order chi connectivity index (χ1) is 8.13. The number of Topliss-reactive ketones (excluding diaryl/α,β-unsaturated/α-hetero) is 1. The lowest BCUT2D eigenvalue weighted by molar-refractivity contribution is -0.301. The van der Waals surface area contributed by atoms with E-state index < -0.39 is 5.97 Å². The maximum Gasteiger partial charge on any atom is 0.172 e. The quantitative estimate of drug-likeness (QED) is 0.671. The second kappa shape index (κ2) is 6.96. The Morgan fingerprint density at radius 2 is 1.88 bits per heavy atom. The minimum atomic E-state index is -1.16. The second-order valence-electron chi connectivity index (χ2n) is 3.25. The van der Waals surface area contributed by atoms with Gasteiger partial charge in [0, 0.05) is 11.3 Å². The van der Waals surface area contributed by atoms with E-state index in [0.29, 0.717) is 17.9 Å². The van der Waals surface area contributed by atoms with Crippen molar-refractivity contribution >= 4 is 23.5 Å². The van der Waals surface area contributed by atoms with E-state index in [2.05, 4.69) is 0 Å². The summed E-state index contributed by atoms with van der Waals surface area (Å²) in [5.41, 5.74) is 0.555. The molecule has 0 radical (unpaired) electrons. The highest BCUT2D eigenvalue weighted by Gasteiger charge is 2.05. The zero-order valence-electron chi connectivity index (χ0n) is 9.47. The molecule has 0 aliphatic heterocycles. The van der Waals surface area contributed by atoms with E-state index in [4.69, 9.17) is 4.74 Å². The zero-order valence-corrected chi connectivity index (χ0v) is 10.3. The molecule has 0 saturated carbocycles. The molecule has 0 fully saturated rings. The molecule has 92 valence electrons. The van der Waals surface area contributed by atoms with Crippen molar-refractivity contribution in [3.8, 4) is 5.75 Å². The van der Waals surface area contributed by atoms with Gasteiger partial charge in [0.15, 0.2) is 5.78 Å². The average Bonchev–Trinajstić information content (AvgIpc) is 2.30. The molecule has 0 atom stereocenters. The first-order valence-corrected chi connectivity index (χ1v) is 6.32. The van der Waals surface area contributed by atoms with E-state index in [1.807, 2.05) is 6.92 Å². The SMILES string of the molecule is CCOc1ccc(C(=O)CSCC(=O)[O-])cc1. The Labute approximate surface area is 104 Å². The topological polar surface area (TPSA) is 66.4 Å². The first-order valence-electron chi connectivity index (χ1n) is 5.17. The first kappa shape index (κ1) is 13.6. The molecule has 0 spiro atoms. The molecule has 0 saturated heterocycles. The number of carbonyl (C=O) groups is 2. The molecule has 5 heteroatoms. The van der Waals surface area contributed by atoms with Gasteiger partial charge in [-0.05, 0) is 31.2 Å². The summed E-state index contributed by atoms with van der Waals surface area (Å²) in [6, 6.07) is 6.79. The molecular formula is C12H13O4S-. The summed E-state index contributed by atoms with van der Waals surface area (Å²) in [5.74, 6) is -0.565. The Bertz CT molecular complexity index is 386. The largest absolute Gasteiger partial charge is 0.549 e. The number of benzene rings is 1. The van der Waals surface area contributed by atoms with Crippen LogP contribution in [0.15, 0.2) is 24.3 Å². The number of hydrogen-bond donors (Lipinski definition) is 0. The van der Waals surface area contributed by atoms with Gasteiger partial charge >= 0.3 is 0 Å². The molecule has 0 N–H and O–H groups in total. The number of thioether (sulfide) groups is 1. The smallest absolute Gasteiger partial charge is 0.172 e. The highest BCUT2D eigenvalue weighted by molar-refractivity contribution is 8.00. The number of carbonyl (C=O) groups excluding carboxylic acids is 2. The molecule has 1 aromatic rings. The molecule has 0 bridgehead atoms. The van der Waals surface area contributed by atoms with Gasteiger partial charge in [0.05, 0.1) is 18.3 Å². The Hall–Kier alpha value is -1.49. The van der Waals surface area contributed by atoms with Crippen LogP contribution >= 0.6 is 11.8 Å². The fraction of sp³-hybridized carbons (Fsp3) is 0.333. The highest BCUT2D eigenvalue weighted by atomic mass is 32.2. The van der Waals surface area contributed by atoms with Crippen molar-refractivity contribution < 1.29 is 19.4 Å². The minimum absolute atomic E-state index is 0.0979. The highest BCUT2D eigenvalue weighted by Crippen LogP contribution is 2.14. The van der Waals surface area contributed by atoms with E-state index in [-0.39, 0.29) is 17.3 Å². The summed E-state index contributed by atoms with van der Waals surface area (Å²) in [7, 11) is 0. The standard InChI is InChI=1S/C12H14O4S/c1-2-16-10-5-3-9(4-6-10)11(13)7-17-8-12(14)15/h3-6H,2,7-8H2,1H3,(H,14,15)/p-1. The predicted octanol–water partition coefficient (Wildman–Crippen LogP) is 0.751. The van der Waals surface area contributed by atoms with Crippen molar-refractivity contribution in [2.75, 3.05) is 18.1 Å². The van der Waals surface area contributed by atoms with Crippen LogP contribution in [0.5, 0.6) is 5.75 Å². The van der Waals surface area contributed by atoms with Crippen LogP contribution in [0.2, 0.25) is 0 Å². The fourth-order valence-corrected chi connectivity index (χ4v) is 1.83. The van der Waals surface area contributed by atoms with Gasteiger partial charge in [-0.3, -0.25) is 4.79 Å². The van der Waals surface area contributed by atoms with Gasteiger partial charge in [-0.2, -0.15) is 0 Å². The van der Waals surface area contributed by atoms with E-state index in [1.165, 1.54) is 0 Å². The molecule has 0 aliphatic rings. The lowest BCUT2D eigenvalue weighted by Crippen LogP contribution is -2.25. The van der Waals surface area contributed by atoms with Crippen molar-refractivity contribution in [2.45, 2.75) is 6.92 Å². The van der Waals surface area contributed by atoms with Crippen LogP contribution in [0.4, 0.5) is 0 Å². The van der Waals surface area contributed by atoms with E-state index in [9.17, 15) is 14.7 Å². The van der Waals surface area contributed by atoms with Gasteiger partial charge in [-0.15, -0.1) is 11.8 Å². The number of carboxylic acids is 1. The third kappa shape index (κ3) is 4.91. The van der Waals surface area contributed by atoms with Crippen LogP contribution in [0.3, 0.4) is 0 Å². The summed E-state index contributed by atoms with van der Waals surface area (Å²) in [4.78, 5) is 21.8. The predicted molar refractivity (Wildman–Crippen MR) is 64.3 cm³/mol. The summed E-state index contributed by atoms with van der Waals surface area (Å²) in [6.45, 7) is 2.46. The Kier molecular flexibility index (Phi) is 5.56. The van der Waals surface area contributed by atoms with Crippen molar-refractivity contribution in [3.63, 3.8) is 0 Å². The van der Waals surface area contributed by atoms with Gasteiger partial charge in [0.25, 0.3) is 0 Å². The van der Waals surface area contributed by atoms with Crippen LogP contribution < -0.4 is 9.84 Å². The molecule has 0 aliphatic carbocycles. The lowest BCUT2D eigenvalue weighted by atomic mass is 10.1. The maximum absolute atomic E-state index is 11.6. The van der Waals surface area contributed by atoms with Gasteiger partial charge < -0.3 is 14.6 Å². The number of hydrogen-bond acceptors (Lipinski definition) is 5. The third-order valence-electron chi connectivity index (χ3n) is 1.94. The molecule has 0 heterocycles. The van der Waals surface area contributed by atoms with Crippen LogP contribution in [-0.2, 0) is 4.79 Å². The number of ketones is 1. The van der Waals surface area contributed by atoms with Crippen molar-refractivity contribution in [1.82, 2.24) is 0 Å². The van der Waals surface area contributed by atoms with Crippen LogP contribution in [-0.4, -0.2) is 29.9 Å². The molecule has 4 nitrogen and oxygen atoms in total. The van der Waals surface area contributed by atoms with Gasteiger partial charge in [-0.25, -0.2) is 0 Å². The Morgan fingerprint density at radius 1 is 1.24 bits per heavy atom. The maximum atomic E-state index is 11.6. The van der Waals surface area contributed by atoms with Crippen molar-refractivity contribution in [2.24, 2.45) is 0 Å². The number of ether oxygens (including phenoxy) is 1. The molecule has 1 rings (SSSR count). The number of carboxylic acid groups (broad SMARTS) is 1. The van der Waals surface area contributed by atoms with Crippen molar-refractivity contribution in [3.05, 3.63) is 29.8 Å². The van der Waals surface area contributed by atoms with Crippen LogP contribution in [0, 0.1) is 0 Å². The normalized spacial score (nSPS) is 9.94. The van der Waals surface area contributed by atoms with Gasteiger partial charge in [-0.1, -0.05) is 0 Å². The molecule has 0 unspecified atom stereocenters. The van der Waals surface area contributed by atoms with E-state index >= 15 is 0 Å². The van der Waals surface area contributed by atoms with E-state index in [0.717, 1.165) is 11.8 Å². The minimum Gasteiger partial charge on any atom is -0.549 e. The van der Waals surface area contributed by atoms with Crippen LogP contribution in [0.25, 0.3) is 0 Å². The number of rotatable bonds is 7. The van der Waals surface area contributed by atoms with E-state index in [1.54, 1.807) is 24.3 Å². The summed E-state index contributed by atoms with van der Waals surface area (Å²) < 4.78 is 5.25. The fourth-order valence-electron chi connectivity index (χ4n) is 1.21. The number of aliphatic carboxylic acids is 1. The lowest BCUT2D eigenvalue weighted by Gasteiger charge is -2.05. The average molecular weight is 253 g/mol. The molecule has 0 amide bonds. The molecule has 0 aromatic heterocycles. The van der Waals surface area contributed by atoms with Gasteiger partial charge in [0.2, 0.25) is 0 Å². The molecule has 1 aromatic carbocycles. The summed E-state index contributed by atoms with van der Waals surface area (Å²) >= 11 is 1.04. The monoisotopic (exact) mass is 253 g/mol. The van der Waals surface area contributed by atoms with Crippen molar-refractivity contribution in [1.29, 1.82) is 0 Å². The third-order valence-corrected chi connectivity index (χ3v) is 2.85. The Balaban J connectivity index is 2.48. The summed E-state index contributed by atoms with van der Waals surface area (Å²) in [5, 5.41) is 10.2. The second-order valence-corrected chi connectivity index (χ2v) is 4.23. The summed E-state index contributed by atoms with van der Waals surface area (Å²) in [6.07, 6.45) is 0. The molecular weight excluding hydrogens is 240 g/mol. The zero-order chi connectivity index (χ0) is 12.7. The Morgan fingerprint density at radius 3 is 2.41 bits per heavy atom.